The Morgan fingerprint density at radius 3 is 2.62 bits per heavy atom. The summed E-state index contributed by atoms with van der Waals surface area (Å²) in [6, 6.07) is 0. The minimum atomic E-state index is 0.519. The molecule has 0 radical (unpaired) electrons. The Hall–Kier alpha value is -1.04. The minimum Gasteiger partial charge on any atom is -0.0956 e. The zero-order valence-corrected chi connectivity index (χ0v) is 16.1. The van der Waals surface area contributed by atoms with E-state index in [1.165, 1.54) is 68.9 Å². The van der Waals surface area contributed by atoms with Crippen LogP contribution in [0.2, 0.25) is 0 Å². The molecule has 3 saturated carbocycles. The lowest BCUT2D eigenvalue weighted by Crippen LogP contribution is -2.35. The highest BCUT2D eigenvalue weighted by atomic mass is 14.5. The van der Waals surface area contributed by atoms with Crippen LogP contribution < -0.4 is 0 Å². The van der Waals surface area contributed by atoms with E-state index in [0.717, 1.165) is 17.8 Å². The molecule has 24 heavy (non-hydrogen) atoms. The average molecular weight is 325 g/mol. The Morgan fingerprint density at radius 1 is 1.08 bits per heavy atom. The standard InChI is InChI=1S/C24H36/c1-5-9-19(3)22-15-16-23-21(12-8-17-24(22,23)4)14-13-20-11-7-6-10-18(20)2/h5,9,13-14,19,22-23H,2,6-8,10-12,15-17H2,1,3-4H3/t19-,22-,23+,24-/m1/s1. The van der Waals surface area contributed by atoms with Gasteiger partial charge < -0.3 is 0 Å². The van der Waals surface area contributed by atoms with Gasteiger partial charge in [-0.3, -0.25) is 0 Å². The fraction of sp³-hybridized carbons (Fsp3) is 0.667. The van der Waals surface area contributed by atoms with E-state index in [4.69, 9.17) is 0 Å². The van der Waals surface area contributed by atoms with Crippen molar-refractivity contribution in [1.29, 1.82) is 0 Å². The second kappa shape index (κ2) is 7.46. The minimum absolute atomic E-state index is 0.519. The van der Waals surface area contributed by atoms with Gasteiger partial charge >= 0.3 is 0 Å². The molecule has 3 fully saturated rings. The Morgan fingerprint density at radius 2 is 1.88 bits per heavy atom. The fourth-order valence-corrected chi connectivity index (χ4v) is 5.98. The summed E-state index contributed by atoms with van der Waals surface area (Å²) in [6.07, 6.45) is 21.7. The van der Waals surface area contributed by atoms with Crippen molar-refractivity contribution in [2.45, 2.75) is 78.6 Å². The molecule has 0 aromatic carbocycles. The van der Waals surface area contributed by atoms with Crippen LogP contribution in [-0.4, -0.2) is 0 Å². The third kappa shape index (κ3) is 3.35. The maximum atomic E-state index is 4.29. The third-order valence-corrected chi connectivity index (χ3v) is 7.30. The second-order valence-electron chi connectivity index (χ2n) is 8.72. The Bertz CT molecular complexity index is 559. The first-order valence-electron chi connectivity index (χ1n) is 10.3. The lowest BCUT2D eigenvalue weighted by Gasteiger charge is -2.44. The van der Waals surface area contributed by atoms with Crippen LogP contribution in [0.5, 0.6) is 0 Å². The molecule has 0 aliphatic heterocycles. The number of rotatable bonds is 3. The highest BCUT2D eigenvalue weighted by Gasteiger charge is 2.50. The molecule has 0 heteroatoms. The van der Waals surface area contributed by atoms with Crippen molar-refractivity contribution in [1.82, 2.24) is 0 Å². The van der Waals surface area contributed by atoms with Crippen molar-refractivity contribution in [3.63, 3.8) is 0 Å². The molecule has 0 aromatic heterocycles. The first kappa shape index (κ1) is 17.8. The van der Waals surface area contributed by atoms with E-state index in [-0.39, 0.29) is 0 Å². The Labute approximate surface area is 149 Å². The van der Waals surface area contributed by atoms with Gasteiger partial charge in [-0.05, 0) is 93.5 Å². The average Bonchev–Trinajstić information content (AvgIpc) is 2.92. The molecule has 0 bridgehead atoms. The topological polar surface area (TPSA) is 0 Å². The summed E-state index contributed by atoms with van der Waals surface area (Å²) in [5.74, 6) is 2.40. The van der Waals surface area contributed by atoms with Crippen LogP contribution >= 0.6 is 0 Å². The van der Waals surface area contributed by atoms with Crippen LogP contribution in [0, 0.1) is 23.2 Å². The van der Waals surface area contributed by atoms with Crippen molar-refractivity contribution in [2.75, 3.05) is 0 Å². The molecule has 0 spiro atoms. The van der Waals surface area contributed by atoms with E-state index < -0.39 is 0 Å². The van der Waals surface area contributed by atoms with Gasteiger partial charge in [-0.25, -0.2) is 0 Å². The summed E-state index contributed by atoms with van der Waals surface area (Å²) in [6.45, 7) is 11.5. The van der Waals surface area contributed by atoms with E-state index in [0.29, 0.717) is 5.41 Å². The summed E-state index contributed by atoms with van der Waals surface area (Å²) in [5, 5.41) is 0. The van der Waals surface area contributed by atoms with Crippen molar-refractivity contribution < 1.29 is 0 Å². The van der Waals surface area contributed by atoms with Crippen LogP contribution in [-0.2, 0) is 0 Å². The maximum absolute atomic E-state index is 4.29. The van der Waals surface area contributed by atoms with Crippen LogP contribution in [0.15, 0.2) is 47.6 Å². The zero-order valence-electron chi connectivity index (χ0n) is 16.1. The van der Waals surface area contributed by atoms with E-state index >= 15 is 0 Å². The first-order valence-corrected chi connectivity index (χ1v) is 10.3. The highest BCUT2D eigenvalue weighted by molar-refractivity contribution is 5.35. The van der Waals surface area contributed by atoms with Gasteiger partial charge in [0.1, 0.15) is 0 Å². The van der Waals surface area contributed by atoms with E-state index in [9.17, 15) is 0 Å². The van der Waals surface area contributed by atoms with Gasteiger partial charge in [-0.15, -0.1) is 0 Å². The lowest BCUT2D eigenvalue weighted by atomic mass is 9.61. The molecule has 0 amide bonds. The van der Waals surface area contributed by atoms with Crippen LogP contribution in [0.3, 0.4) is 0 Å². The largest absolute Gasteiger partial charge is 0.0956 e. The van der Waals surface area contributed by atoms with Gasteiger partial charge in [0.05, 0.1) is 0 Å². The molecule has 3 aliphatic carbocycles. The molecule has 132 valence electrons. The predicted molar refractivity (Wildman–Crippen MR) is 106 cm³/mol. The molecule has 0 N–H and O–H groups in total. The predicted octanol–water partition coefficient (Wildman–Crippen LogP) is 7.40. The molecule has 0 nitrogen and oxygen atoms in total. The second-order valence-corrected chi connectivity index (χ2v) is 8.72. The number of hydrogen-bond acceptors (Lipinski definition) is 0. The van der Waals surface area contributed by atoms with Crippen molar-refractivity contribution in [2.24, 2.45) is 23.2 Å². The molecule has 3 rings (SSSR count). The quantitative estimate of drug-likeness (QED) is 0.474. The Balaban J connectivity index is 1.80. The van der Waals surface area contributed by atoms with E-state index in [2.05, 4.69) is 51.7 Å². The maximum Gasteiger partial charge on any atom is -0.0143 e. The monoisotopic (exact) mass is 324 g/mol. The summed E-state index contributed by atoms with van der Waals surface area (Å²) >= 11 is 0. The summed E-state index contributed by atoms with van der Waals surface area (Å²) in [4.78, 5) is 0. The molecular formula is C24H36. The van der Waals surface area contributed by atoms with E-state index in [1.54, 1.807) is 5.57 Å². The molecule has 0 aromatic rings. The normalized spacial score (nSPS) is 38.9. The van der Waals surface area contributed by atoms with Gasteiger partial charge in [0.15, 0.2) is 0 Å². The van der Waals surface area contributed by atoms with Crippen molar-refractivity contribution >= 4 is 0 Å². The molecule has 4 atom stereocenters. The van der Waals surface area contributed by atoms with Gasteiger partial charge in [0, 0.05) is 0 Å². The fourth-order valence-electron chi connectivity index (χ4n) is 5.98. The van der Waals surface area contributed by atoms with Crippen LogP contribution in [0.4, 0.5) is 0 Å². The zero-order chi connectivity index (χ0) is 17.2. The SMILES string of the molecule is C=C1CCCCC1=CC=C1CCC[C@]2(C)[C@@H]([C@H](C)C=CC)CC[C@@H]12. The number of allylic oxidation sites excluding steroid dienone is 7. The number of hydrogen-bond donors (Lipinski definition) is 0. The van der Waals surface area contributed by atoms with Gasteiger partial charge in [0.2, 0.25) is 0 Å². The molecular weight excluding hydrogens is 288 g/mol. The van der Waals surface area contributed by atoms with Gasteiger partial charge in [-0.2, -0.15) is 0 Å². The molecule has 0 saturated heterocycles. The van der Waals surface area contributed by atoms with Crippen LogP contribution in [0.25, 0.3) is 0 Å². The molecule has 0 heterocycles. The first-order chi connectivity index (χ1) is 11.6. The van der Waals surface area contributed by atoms with Crippen molar-refractivity contribution in [3.8, 4) is 0 Å². The van der Waals surface area contributed by atoms with Gasteiger partial charge in [0.25, 0.3) is 0 Å². The van der Waals surface area contributed by atoms with Crippen LogP contribution in [0.1, 0.15) is 78.6 Å². The summed E-state index contributed by atoms with van der Waals surface area (Å²) < 4.78 is 0. The summed E-state index contributed by atoms with van der Waals surface area (Å²) in [7, 11) is 0. The Kier molecular flexibility index (Phi) is 5.52. The number of fused-ring (bicyclic) bond motifs is 1. The highest BCUT2D eigenvalue weighted by Crippen LogP contribution is 2.59. The lowest BCUT2D eigenvalue weighted by molar-refractivity contribution is 0.112. The molecule has 0 unspecified atom stereocenters. The third-order valence-electron chi connectivity index (χ3n) is 7.30. The van der Waals surface area contributed by atoms with E-state index in [1.807, 2.05) is 0 Å². The van der Waals surface area contributed by atoms with Crippen molar-refractivity contribution in [3.05, 3.63) is 47.6 Å². The molecule has 3 aliphatic rings. The van der Waals surface area contributed by atoms with Gasteiger partial charge in [-0.1, -0.05) is 55.9 Å². The smallest absolute Gasteiger partial charge is 0.0143 e. The summed E-state index contributed by atoms with van der Waals surface area (Å²) in [5.41, 5.74) is 5.18.